The van der Waals surface area contributed by atoms with Crippen molar-refractivity contribution in [1.29, 1.82) is 0 Å². The lowest BCUT2D eigenvalue weighted by atomic mass is 10.1. The van der Waals surface area contributed by atoms with Crippen molar-refractivity contribution in [2.75, 3.05) is 43.1 Å². The fourth-order valence-electron chi connectivity index (χ4n) is 3.66. The SMILES string of the molecule is COc1cccc(N2CCN(c3nc(C(=O)NCc4ccc(C)c(C)c4)cs3)CC2)c1. The number of carbonyl (C=O) groups is 1. The summed E-state index contributed by atoms with van der Waals surface area (Å²) in [5.74, 6) is 0.743. The van der Waals surface area contributed by atoms with Crippen molar-refractivity contribution >= 4 is 28.1 Å². The van der Waals surface area contributed by atoms with Crippen molar-refractivity contribution in [3.05, 3.63) is 70.2 Å². The van der Waals surface area contributed by atoms with Crippen molar-refractivity contribution < 1.29 is 9.53 Å². The highest BCUT2D eigenvalue weighted by atomic mass is 32.1. The lowest BCUT2D eigenvalue weighted by molar-refractivity contribution is 0.0946. The number of hydrogen-bond donors (Lipinski definition) is 1. The van der Waals surface area contributed by atoms with Gasteiger partial charge in [-0.25, -0.2) is 4.98 Å². The predicted octanol–water partition coefficient (Wildman–Crippen LogP) is 4.03. The Balaban J connectivity index is 1.32. The van der Waals surface area contributed by atoms with E-state index in [1.807, 2.05) is 17.5 Å². The predicted molar refractivity (Wildman–Crippen MR) is 127 cm³/mol. The molecular formula is C24H28N4O2S. The number of aromatic nitrogens is 1. The van der Waals surface area contributed by atoms with E-state index in [1.54, 1.807) is 7.11 Å². The number of nitrogens with zero attached hydrogens (tertiary/aromatic N) is 3. The zero-order valence-electron chi connectivity index (χ0n) is 18.2. The Kier molecular flexibility index (Phi) is 6.42. The highest BCUT2D eigenvalue weighted by Crippen LogP contribution is 2.26. The van der Waals surface area contributed by atoms with Gasteiger partial charge in [0.1, 0.15) is 11.4 Å². The van der Waals surface area contributed by atoms with E-state index in [0.717, 1.165) is 42.6 Å². The van der Waals surface area contributed by atoms with Crippen LogP contribution in [0.5, 0.6) is 5.75 Å². The Morgan fingerprint density at radius 3 is 2.58 bits per heavy atom. The molecule has 0 radical (unpaired) electrons. The molecule has 162 valence electrons. The molecule has 31 heavy (non-hydrogen) atoms. The number of nitrogens with one attached hydrogen (secondary N) is 1. The topological polar surface area (TPSA) is 57.7 Å². The number of rotatable bonds is 6. The van der Waals surface area contributed by atoms with Gasteiger partial charge in [-0.3, -0.25) is 4.79 Å². The van der Waals surface area contributed by atoms with Crippen LogP contribution in [0.4, 0.5) is 10.8 Å². The standard InChI is InChI=1S/C24H28N4O2S/c1-17-7-8-19(13-18(17)2)15-25-23(29)22-16-31-24(26-22)28-11-9-27(10-12-28)20-5-4-6-21(14-20)30-3/h4-8,13-14,16H,9-12,15H2,1-3H3,(H,25,29). The zero-order valence-corrected chi connectivity index (χ0v) is 19.0. The van der Waals surface area contributed by atoms with Crippen molar-refractivity contribution in [3.8, 4) is 5.75 Å². The minimum absolute atomic E-state index is 0.129. The van der Waals surface area contributed by atoms with E-state index in [0.29, 0.717) is 12.2 Å². The van der Waals surface area contributed by atoms with Crippen LogP contribution in [-0.2, 0) is 6.54 Å². The average molecular weight is 437 g/mol. The van der Waals surface area contributed by atoms with Gasteiger partial charge in [0, 0.05) is 49.9 Å². The van der Waals surface area contributed by atoms with Gasteiger partial charge in [0.25, 0.3) is 5.91 Å². The van der Waals surface area contributed by atoms with E-state index in [-0.39, 0.29) is 5.91 Å². The molecule has 0 atom stereocenters. The van der Waals surface area contributed by atoms with Crippen molar-refractivity contribution in [1.82, 2.24) is 10.3 Å². The summed E-state index contributed by atoms with van der Waals surface area (Å²) in [5.41, 5.74) is 5.24. The molecule has 4 rings (SSSR count). The summed E-state index contributed by atoms with van der Waals surface area (Å²) in [6.45, 7) is 8.23. The van der Waals surface area contributed by atoms with Crippen LogP contribution in [0, 0.1) is 13.8 Å². The molecule has 3 aromatic rings. The highest BCUT2D eigenvalue weighted by molar-refractivity contribution is 7.13. The number of hydrogen-bond acceptors (Lipinski definition) is 6. The molecule has 6 nitrogen and oxygen atoms in total. The molecule has 0 spiro atoms. The molecule has 1 aliphatic rings. The van der Waals surface area contributed by atoms with E-state index in [4.69, 9.17) is 4.74 Å². The highest BCUT2D eigenvalue weighted by Gasteiger charge is 2.21. The van der Waals surface area contributed by atoms with Gasteiger partial charge in [-0.15, -0.1) is 11.3 Å². The number of amides is 1. The summed E-state index contributed by atoms with van der Waals surface area (Å²) in [4.78, 5) is 21.8. The third-order valence-corrected chi connectivity index (χ3v) is 6.62. The number of aryl methyl sites for hydroxylation is 2. The van der Waals surface area contributed by atoms with Gasteiger partial charge in [0.05, 0.1) is 7.11 Å². The van der Waals surface area contributed by atoms with Gasteiger partial charge in [-0.2, -0.15) is 0 Å². The van der Waals surface area contributed by atoms with Crippen molar-refractivity contribution in [3.63, 3.8) is 0 Å². The third kappa shape index (κ3) is 4.99. The maximum atomic E-state index is 12.6. The van der Waals surface area contributed by atoms with E-state index >= 15 is 0 Å². The number of benzene rings is 2. The van der Waals surface area contributed by atoms with Gasteiger partial charge >= 0.3 is 0 Å². The summed E-state index contributed by atoms with van der Waals surface area (Å²) in [6.07, 6.45) is 0. The Morgan fingerprint density at radius 1 is 1.06 bits per heavy atom. The van der Waals surface area contributed by atoms with Gasteiger partial charge in [0.2, 0.25) is 0 Å². The van der Waals surface area contributed by atoms with E-state index < -0.39 is 0 Å². The lowest BCUT2D eigenvalue weighted by Gasteiger charge is -2.36. The zero-order chi connectivity index (χ0) is 21.8. The molecule has 1 amide bonds. The van der Waals surface area contributed by atoms with E-state index in [1.165, 1.54) is 28.2 Å². The van der Waals surface area contributed by atoms with Crippen LogP contribution < -0.4 is 19.9 Å². The largest absolute Gasteiger partial charge is 0.497 e. The number of thiazole rings is 1. The molecule has 0 saturated carbocycles. The monoisotopic (exact) mass is 436 g/mol. The molecule has 1 saturated heterocycles. The van der Waals surface area contributed by atoms with Crippen LogP contribution >= 0.6 is 11.3 Å². The second kappa shape index (κ2) is 9.39. The van der Waals surface area contributed by atoms with Crippen LogP contribution in [0.25, 0.3) is 0 Å². The molecule has 1 aromatic heterocycles. The molecule has 0 unspecified atom stereocenters. The Bertz CT molecular complexity index is 1060. The van der Waals surface area contributed by atoms with Gasteiger partial charge in [0.15, 0.2) is 5.13 Å². The number of methoxy groups -OCH3 is 1. The third-order valence-electron chi connectivity index (χ3n) is 5.72. The Morgan fingerprint density at radius 2 is 1.84 bits per heavy atom. The van der Waals surface area contributed by atoms with Crippen molar-refractivity contribution in [2.24, 2.45) is 0 Å². The fraction of sp³-hybridized carbons (Fsp3) is 0.333. The van der Waals surface area contributed by atoms with Crippen molar-refractivity contribution in [2.45, 2.75) is 20.4 Å². The average Bonchev–Trinajstić information content (AvgIpc) is 3.30. The summed E-state index contributed by atoms with van der Waals surface area (Å²) < 4.78 is 5.34. The first-order chi connectivity index (χ1) is 15.0. The quantitative estimate of drug-likeness (QED) is 0.632. The second-order valence-corrected chi connectivity index (χ2v) is 8.63. The lowest BCUT2D eigenvalue weighted by Crippen LogP contribution is -2.46. The minimum atomic E-state index is -0.129. The molecule has 1 aliphatic heterocycles. The molecular weight excluding hydrogens is 408 g/mol. The molecule has 2 heterocycles. The number of piperazine rings is 1. The van der Waals surface area contributed by atoms with Crippen LogP contribution in [0.1, 0.15) is 27.2 Å². The summed E-state index contributed by atoms with van der Waals surface area (Å²) in [6, 6.07) is 14.4. The first kappa shape index (κ1) is 21.2. The molecule has 2 aromatic carbocycles. The summed E-state index contributed by atoms with van der Waals surface area (Å²) in [7, 11) is 1.69. The van der Waals surface area contributed by atoms with E-state index in [9.17, 15) is 4.79 Å². The second-order valence-electron chi connectivity index (χ2n) is 7.79. The first-order valence-corrected chi connectivity index (χ1v) is 11.4. The number of anilines is 2. The van der Waals surface area contributed by atoms with E-state index in [2.05, 4.69) is 64.3 Å². The Hall–Kier alpha value is -3.06. The first-order valence-electron chi connectivity index (χ1n) is 10.5. The number of carbonyl (C=O) groups excluding carboxylic acids is 1. The Labute approximate surface area is 187 Å². The number of ether oxygens (including phenoxy) is 1. The van der Waals surface area contributed by atoms with Gasteiger partial charge in [-0.05, 0) is 42.7 Å². The van der Waals surface area contributed by atoms with Gasteiger partial charge < -0.3 is 19.9 Å². The maximum Gasteiger partial charge on any atom is 0.271 e. The van der Waals surface area contributed by atoms with Crippen LogP contribution in [-0.4, -0.2) is 44.2 Å². The molecule has 1 N–H and O–H groups in total. The minimum Gasteiger partial charge on any atom is -0.497 e. The fourth-order valence-corrected chi connectivity index (χ4v) is 4.52. The van der Waals surface area contributed by atoms with Crippen LogP contribution in [0.2, 0.25) is 0 Å². The molecule has 7 heteroatoms. The van der Waals surface area contributed by atoms with Crippen LogP contribution in [0.3, 0.4) is 0 Å². The summed E-state index contributed by atoms with van der Waals surface area (Å²) in [5, 5.41) is 5.74. The summed E-state index contributed by atoms with van der Waals surface area (Å²) >= 11 is 1.53. The molecule has 1 fully saturated rings. The van der Waals surface area contributed by atoms with Crippen LogP contribution in [0.15, 0.2) is 47.8 Å². The smallest absolute Gasteiger partial charge is 0.271 e. The maximum absolute atomic E-state index is 12.6. The molecule has 0 bridgehead atoms. The normalized spacial score (nSPS) is 13.9. The van der Waals surface area contributed by atoms with Gasteiger partial charge in [-0.1, -0.05) is 24.3 Å². The molecule has 0 aliphatic carbocycles.